The van der Waals surface area contributed by atoms with Crippen molar-refractivity contribution in [1.29, 1.82) is 0 Å². The molecule has 0 aromatic rings. The van der Waals surface area contributed by atoms with Crippen LogP contribution in [0.25, 0.3) is 0 Å². The number of hydrogen-bond donors (Lipinski definition) is 0. The summed E-state index contributed by atoms with van der Waals surface area (Å²) >= 11 is 0. The Kier molecular flexibility index (Phi) is 3.14. The quantitative estimate of drug-likeness (QED) is 0.532. The van der Waals surface area contributed by atoms with Crippen LogP contribution in [0.3, 0.4) is 0 Å². The maximum atomic E-state index is 2.38. The molecular weight excluding hydrogens is 180 g/mol. The molecule has 3 saturated carbocycles. The van der Waals surface area contributed by atoms with Gasteiger partial charge < -0.3 is 0 Å². The normalized spacial score (nSPS) is 52.0. The molecule has 1 spiro atoms. The first-order chi connectivity index (χ1) is 6.99. The topological polar surface area (TPSA) is 0 Å². The lowest BCUT2D eigenvalue weighted by molar-refractivity contribution is -0.0549. The van der Waals surface area contributed by atoms with Gasteiger partial charge >= 0.3 is 0 Å². The minimum absolute atomic E-state index is 0.888. The summed E-state index contributed by atoms with van der Waals surface area (Å²) in [5.74, 6) is 4.19. The highest BCUT2D eigenvalue weighted by molar-refractivity contribution is 5.00. The second-order valence-corrected chi connectivity index (χ2v) is 7.21. The maximum absolute atomic E-state index is 2.38. The highest BCUT2D eigenvalue weighted by atomic mass is 14.5. The van der Waals surface area contributed by atoms with Gasteiger partial charge in [0.15, 0.2) is 0 Å². The van der Waals surface area contributed by atoms with E-state index >= 15 is 0 Å². The first kappa shape index (κ1) is 11.5. The van der Waals surface area contributed by atoms with Gasteiger partial charge in [-0.2, -0.15) is 0 Å². The smallest absolute Gasteiger partial charge is 0.0287 e. The van der Waals surface area contributed by atoms with Gasteiger partial charge in [-0.25, -0.2) is 0 Å². The predicted octanol–water partition coefficient (Wildman–Crippen LogP) is 4.89. The molecule has 0 bridgehead atoms. The second kappa shape index (κ2) is 4.11. The summed E-state index contributed by atoms with van der Waals surface area (Å²) in [6, 6.07) is 0. The van der Waals surface area contributed by atoms with Crippen LogP contribution < -0.4 is 0 Å². The van der Waals surface area contributed by atoms with Crippen LogP contribution >= 0.6 is 0 Å². The van der Waals surface area contributed by atoms with E-state index in [1.165, 1.54) is 38.5 Å². The van der Waals surface area contributed by atoms with E-state index in [9.17, 15) is 0 Å². The SMILES string of the molecule is CC1CC(C)C1.CC1CC2(C1)CC(C)C2. The summed E-state index contributed by atoms with van der Waals surface area (Å²) in [4.78, 5) is 0. The summed E-state index contributed by atoms with van der Waals surface area (Å²) in [6.07, 6.45) is 9.10. The van der Waals surface area contributed by atoms with Crippen molar-refractivity contribution in [2.75, 3.05) is 0 Å². The molecule has 0 amide bonds. The largest absolute Gasteiger partial charge is 0.0625 e. The molecule has 15 heavy (non-hydrogen) atoms. The molecule has 0 N–H and O–H groups in total. The molecule has 0 unspecified atom stereocenters. The molecular formula is C15H28. The third-order valence-corrected chi connectivity index (χ3v) is 4.74. The van der Waals surface area contributed by atoms with E-state index in [4.69, 9.17) is 0 Å². The van der Waals surface area contributed by atoms with Crippen molar-refractivity contribution in [3.8, 4) is 0 Å². The van der Waals surface area contributed by atoms with Crippen molar-refractivity contribution in [1.82, 2.24) is 0 Å². The van der Waals surface area contributed by atoms with Gasteiger partial charge in [-0.05, 0) is 67.6 Å². The molecule has 0 heteroatoms. The second-order valence-electron chi connectivity index (χ2n) is 7.21. The van der Waals surface area contributed by atoms with Crippen LogP contribution in [0.5, 0.6) is 0 Å². The van der Waals surface area contributed by atoms with Crippen LogP contribution in [0.15, 0.2) is 0 Å². The lowest BCUT2D eigenvalue weighted by Gasteiger charge is -2.56. The molecule has 0 aromatic carbocycles. The Morgan fingerprint density at radius 1 is 0.600 bits per heavy atom. The zero-order chi connectivity index (χ0) is 11.1. The monoisotopic (exact) mass is 208 g/mol. The van der Waals surface area contributed by atoms with Crippen molar-refractivity contribution in [2.24, 2.45) is 29.1 Å². The van der Waals surface area contributed by atoms with Gasteiger partial charge in [0.25, 0.3) is 0 Å². The minimum Gasteiger partial charge on any atom is -0.0625 e. The third-order valence-electron chi connectivity index (χ3n) is 4.74. The fourth-order valence-corrected chi connectivity index (χ4v) is 4.48. The molecule has 0 nitrogen and oxygen atoms in total. The molecule has 0 radical (unpaired) electrons. The van der Waals surface area contributed by atoms with E-state index in [0.717, 1.165) is 29.1 Å². The van der Waals surface area contributed by atoms with Gasteiger partial charge in [0.2, 0.25) is 0 Å². The van der Waals surface area contributed by atoms with Gasteiger partial charge in [0.1, 0.15) is 0 Å². The fraction of sp³-hybridized carbons (Fsp3) is 1.00. The molecule has 0 aromatic heterocycles. The first-order valence-electron chi connectivity index (χ1n) is 6.99. The lowest BCUT2D eigenvalue weighted by atomic mass is 9.49. The third kappa shape index (κ3) is 2.57. The molecule has 3 rings (SSSR count). The van der Waals surface area contributed by atoms with Crippen LogP contribution in [-0.2, 0) is 0 Å². The molecule has 0 aliphatic heterocycles. The fourth-order valence-electron chi connectivity index (χ4n) is 4.48. The Hall–Kier alpha value is 0. The van der Waals surface area contributed by atoms with Crippen LogP contribution in [0.1, 0.15) is 66.2 Å². The highest BCUT2D eigenvalue weighted by Gasteiger charge is 2.49. The highest BCUT2D eigenvalue weighted by Crippen LogP contribution is 2.60. The van der Waals surface area contributed by atoms with Gasteiger partial charge in [-0.3, -0.25) is 0 Å². The van der Waals surface area contributed by atoms with Crippen LogP contribution in [0.4, 0.5) is 0 Å². The zero-order valence-electron chi connectivity index (χ0n) is 11.1. The van der Waals surface area contributed by atoms with Crippen molar-refractivity contribution >= 4 is 0 Å². The molecule has 3 fully saturated rings. The average molecular weight is 208 g/mol. The molecule has 3 aliphatic rings. The average Bonchev–Trinajstić information content (AvgIpc) is 1.98. The van der Waals surface area contributed by atoms with E-state index in [1.54, 1.807) is 0 Å². The predicted molar refractivity (Wildman–Crippen MR) is 66.8 cm³/mol. The summed E-state index contributed by atoms with van der Waals surface area (Å²) in [7, 11) is 0. The molecule has 0 heterocycles. The van der Waals surface area contributed by atoms with Gasteiger partial charge in [-0.1, -0.05) is 27.7 Å². The van der Waals surface area contributed by atoms with Gasteiger partial charge in [-0.15, -0.1) is 0 Å². The lowest BCUT2D eigenvalue weighted by Crippen LogP contribution is -2.45. The van der Waals surface area contributed by atoms with E-state index in [2.05, 4.69) is 27.7 Å². The molecule has 0 atom stereocenters. The standard InChI is InChI=1S/C9H16.C6H12/c1-7-3-9(4-7)5-8(2)6-9;1-5-3-6(2)4-5/h7-8H,3-6H2,1-2H3;5-6H,3-4H2,1-2H3. The van der Waals surface area contributed by atoms with E-state index in [-0.39, 0.29) is 0 Å². The number of hydrogen-bond acceptors (Lipinski definition) is 0. The zero-order valence-corrected chi connectivity index (χ0v) is 11.1. The van der Waals surface area contributed by atoms with Gasteiger partial charge in [0, 0.05) is 0 Å². The summed E-state index contributed by atoms with van der Waals surface area (Å²) < 4.78 is 0. The van der Waals surface area contributed by atoms with Crippen molar-refractivity contribution in [3.05, 3.63) is 0 Å². The Balaban J connectivity index is 0.000000124. The Morgan fingerprint density at radius 2 is 0.933 bits per heavy atom. The maximum Gasteiger partial charge on any atom is -0.0287 e. The molecule has 3 aliphatic carbocycles. The summed E-state index contributed by atoms with van der Waals surface area (Å²) in [6.45, 7) is 9.41. The van der Waals surface area contributed by atoms with Crippen LogP contribution in [-0.4, -0.2) is 0 Å². The summed E-state index contributed by atoms with van der Waals surface area (Å²) in [5.41, 5.74) is 0.888. The van der Waals surface area contributed by atoms with Crippen LogP contribution in [0.2, 0.25) is 0 Å². The molecule has 0 saturated heterocycles. The minimum atomic E-state index is 0.888. The Labute approximate surface area is 95.8 Å². The van der Waals surface area contributed by atoms with Crippen molar-refractivity contribution in [2.45, 2.75) is 66.2 Å². The Morgan fingerprint density at radius 3 is 1.07 bits per heavy atom. The Bertz CT molecular complexity index is 175. The van der Waals surface area contributed by atoms with E-state index in [0.29, 0.717) is 0 Å². The van der Waals surface area contributed by atoms with Crippen LogP contribution in [0, 0.1) is 29.1 Å². The first-order valence-corrected chi connectivity index (χ1v) is 6.99. The number of rotatable bonds is 0. The van der Waals surface area contributed by atoms with Crippen molar-refractivity contribution in [3.63, 3.8) is 0 Å². The van der Waals surface area contributed by atoms with E-state index in [1.807, 2.05) is 0 Å². The van der Waals surface area contributed by atoms with Gasteiger partial charge in [0.05, 0.1) is 0 Å². The summed E-state index contributed by atoms with van der Waals surface area (Å²) in [5, 5.41) is 0. The molecule has 88 valence electrons. The van der Waals surface area contributed by atoms with E-state index < -0.39 is 0 Å². The van der Waals surface area contributed by atoms with Crippen molar-refractivity contribution < 1.29 is 0 Å².